The summed E-state index contributed by atoms with van der Waals surface area (Å²) in [6.07, 6.45) is 11.1. The minimum absolute atomic E-state index is 0.113. The van der Waals surface area contributed by atoms with Gasteiger partial charge in [0.25, 0.3) is 5.91 Å². The average Bonchev–Trinajstić information content (AvgIpc) is 2.76. The van der Waals surface area contributed by atoms with Crippen molar-refractivity contribution in [1.82, 2.24) is 9.80 Å². The van der Waals surface area contributed by atoms with E-state index in [4.69, 9.17) is 4.74 Å². The highest BCUT2D eigenvalue weighted by molar-refractivity contribution is 5.96. The van der Waals surface area contributed by atoms with Gasteiger partial charge in [0.2, 0.25) is 5.91 Å². The number of ether oxygens (including phenoxy) is 1. The molecule has 1 atom stereocenters. The van der Waals surface area contributed by atoms with Crippen molar-refractivity contribution in [2.24, 2.45) is 0 Å². The lowest BCUT2D eigenvalue weighted by Crippen LogP contribution is -2.61. The van der Waals surface area contributed by atoms with E-state index in [1.165, 1.54) is 12.8 Å². The smallest absolute Gasteiger partial charge is 0.250 e. The first-order valence-electron chi connectivity index (χ1n) is 10.9. The highest BCUT2D eigenvalue weighted by Crippen LogP contribution is 2.37. The van der Waals surface area contributed by atoms with Crippen molar-refractivity contribution >= 4 is 11.8 Å². The zero-order valence-corrected chi connectivity index (χ0v) is 16.9. The second kappa shape index (κ2) is 8.54. The number of methoxy groups -OCH3 is 1. The van der Waals surface area contributed by atoms with Crippen molar-refractivity contribution < 1.29 is 14.3 Å². The van der Waals surface area contributed by atoms with Crippen molar-refractivity contribution in [2.45, 2.75) is 82.3 Å². The number of rotatable bonds is 4. The molecule has 3 fully saturated rings. The summed E-state index contributed by atoms with van der Waals surface area (Å²) in [4.78, 5) is 30.8. The lowest BCUT2D eigenvalue weighted by Gasteiger charge is -2.48. The topological polar surface area (TPSA) is 49.9 Å². The maximum Gasteiger partial charge on any atom is 0.250 e. The lowest BCUT2D eigenvalue weighted by atomic mass is 9.88. The molecule has 1 aromatic rings. The van der Waals surface area contributed by atoms with Crippen LogP contribution in [0, 0.1) is 0 Å². The second-order valence-corrected chi connectivity index (χ2v) is 8.53. The Morgan fingerprint density at radius 1 is 0.821 bits per heavy atom. The fourth-order valence-corrected chi connectivity index (χ4v) is 5.29. The van der Waals surface area contributed by atoms with Crippen LogP contribution in [-0.2, 0) is 9.59 Å². The van der Waals surface area contributed by atoms with Gasteiger partial charge in [-0.15, -0.1) is 0 Å². The summed E-state index contributed by atoms with van der Waals surface area (Å²) in [5.41, 5.74) is 0.908. The van der Waals surface area contributed by atoms with Gasteiger partial charge in [-0.1, -0.05) is 50.7 Å². The van der Waals surface area contributed by atoms with Crippen LogP contribution in [0.2, 0.25) is 0 Å². The minimum Gasteiger partial charge on any atom is -0.497 e. The molecule has 1 aromatic carbocycles. The maximum atomic E-state index is 13.7. The Balaban J connectivity index is 1.66. The Morgan fingerprint density at radius 3 is 1.96 bits per heavy atom. The molecular formula is C23H32N2O3. The molecule has 28 heavy (non-hydrogen) atoms. The molecule has 2 amide bonds. The van der Waals surface area contributed by atoms with Crippen molar-refractivity contribution in [3.63, 3.8) is 0 Å². The first kappa shape index (κ1) is 19.3. The molecule has 0 aromatic heterocycles. The van der Waals surface area contributed by atoms with E-state index in [0.29, 0.717) is 0 Å². The standard InChI is InChI=1S/C23H32N2O3/c1-28-20-14-12-17(13-15-20)22-23(27)24(18-8-4-2-5-9-18)16-21(26)25(22)19-10-6-3-7-11-19/h12-15,18-19,22H,2-11,16H2,1H3/t22-/m1/s1. The van der Waals surface area contributed by atoms with Gasteiger partial charge in [-0.25, -0.2) is 0 Å². The molecule has 2 aliphatic carbocycles. The van der Waals surface area contributed by atoms with Gasteiger partial charge in [0.15, 0.2) is 0 Å². The molecule has 0 unspecified atom stereocenters. The van der Waals surface area contributed by atoms with Gasteiger partial charge < -0.3 is 14.5 Å². The van der Waals surface area contributed by atoms with Crippen LogP contribution in [0.15, 0.2) is 24.3 Å². The Kier molecular flexibility index (Phi) is 5.88. The summed E-state index contributed by atoms with van der Waals surface area (Å²) in [5.74, 6) is 1.01. The summed E-state index contributed by atoms with van der Waals surface area (Å²) in [5, 5.41) is 0. The van der Waals surface area contributed by atoms with Crippen LogP contribution < -0.4 is 4.74 Å². The highest BCUT2D eigenvalue weighted by atomic mass is 16.5. The third-order valence-electron chi connectivity index (χ3n) is 6.80. The van der Waals surface area contributed by atoms with Gasteiger partial charge in [-0.2, -0.15) is 0 Å². The number of hydrogen-bond donors (Lipinski definition) is 0. The molecule has 1 heterocycles. The molecule has 0 bridgehead atoms. The third kappa shape index (κ3) is 3.76. The van der Waals surface area contributed by atoms with Gasteiger partial charge in [-0.05, 0) is 43.4 Å². The molecule has 5 heteroatoms. The van der Waals surface area contributed by atoms with E-state index in [-0.39, 0.29) is 30.4 Å². The number of carbonyl (C=O) groups excluding carboxylic acids is 2. The molecule has 152 valence electrons. The van der Waals surface area contributed by atoms with Crippen LogP contribution in [0.5, 0.6) is 5.75 Å². The molecule has 3 aliphatic rings. The van der Waals surface area contributed by atoms with Crippen molar-refractivity contribution in [2.75, 3.05) is 13.7 Å². The van der Waals surface area contributed by atoms with E-state index >= 15 is 0 Å². The Morgan fingerprint density at radius 2 is 1.39 bits per heavy atom. The predicted octanol–water partition coefficient (Wildman–Crippen LogP) is 4.07. The number of hydrogen-bond acceptors (Lipinski definition) is 3. The van der Waals surface area contributed by atoms with Gasteiger partial charge in [0.1, 0.15) is 18.3 Å². The summed E-state index contributed by atoms with van der Waals surface area (Å²) >= 11 is 0. The van der Waals surface area contributed by atoms with E-state index in [9.17, 15) is 9.59 Å². The molecule has 0 radical (unpaired) electrons. The van der Waals surface area contributed by atoms with E-state index in [1.807, 2.05) is 34.1 Å². The van der Waals surface area contributed by atoms with Gasteiger partial charge in [0, 0.05) is 12.1 Å². The Bertz CT molecular complexity index is 690. The zero-order valence-electron chi connectivity index (χ0n) is 16.9. The lowest BCUT2D eigenvalue weighted by molar-refractivity contribution is -0.162. The number of piperazine rings is 1. The number of carbonyl (C=O) groups is 2. The average molecular weight is 385 g/mol. The summed E-state index contributed by atoms with van der Waals surface area (Å²) in [7, 11) is 1.64. The quantitative estimate of drug-likeness (QED) is 0.786. The summed E-state index contributed by atoms with van der Waals surface area (Å²) < 4.78 is 5.29. The molecule has 1 aliphatic heterocycles. The second-order valence-electron chi connectivity index (χ2n) is 8.53. The van der Waals surface area contributed by atoms with Crippen LogP contribution in [0.4, 0.5) is 0 Å². The van der Waals surface area contributed by atoms with Gasteiger partial charge in [0.05, 0.1) is 7.11 Å². The van der Waals surface area contributed by atoms with Crippen LogP contribution in [-0.4, -0.2) is 47.4 Å². The first-order valence-corrected chi connectivity index (χ1v) is 10.9. The predicted molar refractivity (Wildman–Crippen MR) is 108 cm³/mol. The fraction of sp³-hybridized carbons (Fsp3) is 0.652. The van der Waals surface area contributed by atoms with Crippen LogP contribution in [0.1, 0.15) is 75.8 Å². The van der Waals surface area contributed by atoms with E-state index in [2.05, 4.69) is 0 Å². The van der Waals surface area contributed by atoms with Crippen LogP contribution in [0.3, 0.4) is 0 Å². The normalized spacial score (nSPS) is 25.2. The first-order chi connectivity index (χ1) is 13.7. The molecule has 4 rings (SSSR count). The van der Waals surface area contributed by atoms with Crippen LogP contribution in [0.25, 0.3) is 0 Å². The fourth-order valence-electron chi connectivity index (χ4n) is 5.29. The largest absolute Gasteiger partial charge is 0.497 e. The van der Waals surface area contributed by atoms with E-state index < -0.39 is 6.04 Å². The van der Waals surface area contributed by atoms with Crippen LogP contribution >= 0.6 is 0 Å². The molecule has 5 nitrogen and oxygen atoms in total. The Labute approximate surface area is 168 Å². The van der Waals surface area contributed by atoms with Crippen molar-refractivity contribution in [1.29, 1.82) is 0 Å². The molecular weight excluding hydrogens is 352 g/mol. The monoisotopic (exact) mass is 384 g/mol. The number of amides is 2. The summed E-state index contributed by atoms with van der Waals surface area (Å²) in [6, 6.07) is 7.61. The maximum absolute atomic E-state index is 13.7. The molecule has 2 saturated carbocycles. The van der Waals surface area contributed by atoms with Gasteiger partial charge >= 0.3 is 0 Å². The molecule has 1 saturated heterocycles. The van der Waals surface area contributed by atoms with E-state index in [0.717, 1.165) is 62.7 Å². The van der Waals surface area contributed by atoms with Crippen molar-refractivity contribution in [3.05, 3.63) is 29.8 Å². The zero-order chi connectivity index (χ0) is 19.5. The van der Waals surface area contributed by atoms with Gasteiger partial charge in [-0.3, -0.25) is 9.59 Å². The molecule has 0 N–H and O–H groups in total. The Hall–Kier alpha value is -2.04. The number of benzene rings is 1. The minimum atomic E-state index is -0.489. The third-order valence-corrected chi connectivity index (χ3v) is 6.80. The van der Waals surface area contributed by atoms with E-state index in [1.54, 1.807) is 7.11 Å². The summed E-state index contributed by atoms with van der Waals surface area (Å²) in [6.45, 7) is 0.257. The van der Waals surface area contributed by atoms with Crippen molar-refractivity contribution in [3.8, 4) is 5.75 Å². The number of nitrogens with zero attached hydrogens (tertiary/aromatic N) is 2. The SMILES string of the molecule is COc1ccc([C@@H]2C(=O)N(C3CCCCC3)CC(=O)N2C2CCCCC2)cc1. The molecule has 0 spiro atoms. The highest BCUT2D eigenvalue weighted by Gasteiger charge is 2.45.